The molecule has 1 amide bonds. The lowest BCUT2D eigenvalue weighted by molar-refractivity contribution is -0.105. The monoisotopic (exact) mass is 508 g/mol. The summed E-state index contributed by atoms with van der Waals surface area (Å²) in [4.78, 5) is 15.0. The molecule has 2 N–H and O–H groups in total. The number of carbonyl (C=O) groups excluding carboxylic acids is 1. The van der Waals surface area contributed by atoms with E-state index < -0.39 is 6.10 Å². The quantitative estimate of drug-likeness (QED) is 0.218. The molecule has 0 saturated heterocycles. The van der Waals surface area contributed by atoms with Gasteiger partial charge in [0.15, 0.2) is 0 Å². The van der Waals surface area contributed by atoms with Crippen molar-refractivity contribution >= 4 is 18.3 Å². The van der Waals surface area contributed by atoms with Crippen molar-refractivity contribution in [1.29, 1.82) is 0 Å². The number of carbonyl (C=O) groups is 1. The minimum Gasteiger partial charge on any atom is -0.388 e. The van der Waals surface area contributed by atoms with Gasteiger partial charge in [0.1, 0.15) is 5.82 Å². The molecular formula is C33H52N2O2. The van der Waals surface area contributed by atoms with Gasteiger partial charge in [0.25, 0.3) is 0 Å². The highest BCUT2D eigenvalue weighted by Crippen LogP contribution is 2.30. The van der Waals surface area contributed by atoms with Gasteiger partial charge in [-0.25, -0.2) is 4.98 Å². The largest absolute Gasteiger partial charge is 0.388 e. The smallest absolute Gasteiger partial charge is 0.212 e. The molecule has 1 aliphatic rings. The molecule has 1 atom stereocenters. The average molecular weight is 509 g/mol. The summed E-state index contributed by atoms with van der Waals surface area (Å²) in [6, 6.07) is 1.87. The van der Waals surface area contributed by atoms with Crippen LogP contribution < -0.4 is 5.32 Å². The van der Waals surface area contributed by atoms with E-state index in [9.17, 15) is 9.90 Å². The van der Waals surface area contributed by atoms with E-state index in [0.717, 1.165) is 52.7 Å². The SMILES string of the molecule is C1CC1.C=C(\C=C(C)/C(=C\C)C(=C/c1cnc(NC=O)cc1C)/C(C)=C/CCC)C(O)CCC.CCC. The van der Waals surface area contributed by atoms with Crippen LogP contribution in [0.3, 0.4) is 0 Å². The van der Waals surface area contributed by atoms with E-state index in [2.05, 4.69) is 76.7 Å². The van der Waals surface area contributed by atoms with Gasteiger partial charge in [-0.2, -0.15) is 0 Å². The fourth-order valence-electron chi connectivity index (χ4n) is 3.39. The summed E-state index contributed by atoms with van der Waals surface area (Å²) < 4.78 is 0. The normalized spacial score (nSPS) is 14.5. The second kappa shape index (κ2) is 20.4. The van der Waals surface area contributed by atoms with E-state index in [1.54, 1.807) is 6.20 Å². The molecule has 37 heavy (non-hydrogen) atoms. The average Bonchev–Trinajstić information content (AvgIpc) is 3.74. The van der Waals surface area contributed by atoms with Crippen molar-refractivity contribution < 1.29 is 9.90 Å². The minimum absolute atomic E-state index is 0.522. The molecule has 4 heteroatoms. The second-order valence-corrected chi connectivity index (χ2v) is 9.60. The standard InChI is InChI=1S/C27H38N2O2.C3H6.C3H8/c1-8-11-13-19(4)25(16-23-17-28-27(29-18-30)15-20(23)5)24(10-3)21(6)14-22(7)26(31)12-9-2;1-2-3-1;1-3-2/h10,13-18,26,31H,7-9,11-12H2,1-6H3,(H,28,29,30);1-3H2;3H2,1-2H3/b19-13+,21-14-,24-10+,25-16+;;. The van der Waals surface area contributed by atoms with E-state index in [-0.39, 0.29) is 0 Å². The summed E-state index contributed by atoms with van der Waals surface area (Å²) in [6.45, 7) is 20.8. The Morgan fingerprint density at radius 2 is 1.73 bits per heavy atom. The fourth-order valence-corrected chi connectivity index (χ4v) is 3.39. The Morgan fingerprint density at radius 3 is 2.19 bits per heavy atom. The van der Waals surface area contributed by atoms with Gasteiger partial charge in [-0.15, -0.1) is 0 Å². The van der Waals surface area contributed by atoms with Crippen molar-refractivity contribution in [2.24, 2.45) is 0 Å². The zero-order chi connectivity index (χ0) is 28.2. The van der Waals surface area contributed by atoms with E-state index in [1.807, 2.05) is 26.0 Å². The molecule has 0 radical (unpaired) electrons. The Balaban J connectivity index is 0.00000191. The van der Waals surface area contributed by atoms with Crippen LogP contribution in [0.1, 0.15) is 111 Å². The van der Waals surface area contributed by atoms with Crippen LogP contribution in [0.5, 0.6) is 0 Å². The number of hydrogen-bond donors (Lipinski definition) is 2. The molecule has 1 aliphatic carbocycles. The van der Waals surface area contributed by atoms with Gasteiger partial charge in [-0.1, -0.05) is 91.0 Å². The summed E-state index contributed by atoms with van der Waals surface area (Å²) in [5.74, 6) is 0.535. The highest BCUT2D eigenvalue weighted by atomic mass is 16.3. The molecule has 1 saturated carbocycles. The maximum absolute atomic E-state index is 10.7. The molecule has 0 aromatic carbocycles. The third-order valence-electron chi connectivity index (χ3n) is 5.57. The van der Waals surface area contributed by atoms with Crippen molar-refractivity contribution in [3.8, 4) is 0 Å². The molecular weight excluding hydrogens is 456 g/mol. The highest BCUT2D eigenvalue weighted by molar-refractivity contribution is 5.73. The van der Waals surface area contributed by atoms with Gasteiger partial charge in [-0.05, 0) is 91.7 Å². The Morgan fingerprint density at radius 1 is 1.11 bits per heavy atom. The molecule has 1 heterocycles. The number of aromatic nitrogens is 1. The molecule has 1 fully saturated rings. The predicted octanol–water partition coefficient (Wildman–Crippen LogP) is 9.28. The molecule has 4 nitrogen and oxygen atoms in total. The molecule has 0 bridgehead atoms. The number of nitrogens with one attached hydrogen (secondary N) is 1. The maximum atomic E-state index is 10.7. The molecule has 1 unspecified atom stereocenters. The Hall–Kier alpha value is -2.72. The van der Waals surface area contributed by atoms with Gasteiger partial charge in [0, 0.05) is 6.20 Å². The zero-order valence-corrected chi connectivity index (χ0v) is 24.8. The van der Waals surface area contributed by atoms with Gasteiger partial charge in [0.05, 0.1) is 6.10 Å². The van der Waals surface area contributed by atoms with Crippen LogP contribution in [-0.4, -0.2) is 22.6 Å². The summed E-state index contributed by atoms with van der Waals surface area (Å²) in [6.07, 6.45) is 19.8. The van der Waals surface area contributed by atoms with Gasteiger partial charge < -0.3 is 10.4 Å². The van der Waals surface area contributed by atoms with E-state index in [0.29, 0.717) is 18.6 Å². The number of allylic oxidation sites excluding steroid dienone is 6. The lowest BCUT2D eigenvalue weighted by atomic mass is 9.89. The first kappa shape index (κ1) is 34.3. The number of amides is 1. The lowest BCUT2D eigenvalue weighted by Gasteiger charge is -2.17. The Kier molecular flexibility index (Phi) is 18.9. The number of aryl methyl sites for hydroxylation is 1. The van der Waals surface area contributed by atoms with Crippen LogP contribution >= 0.6 is 0 Å². The zero-order valence-electron chi connectivity index (χ0n) is 24.8. The first-order valence-corrected chi connectivity index (χ1v) is 14.0. The number of aliphatic hydroxyl groups excluding tert-OH is 1. The van der Waals surface area contributed by atoms with Crippen LogP contribution in [0.15, 0.2) is 64.9 Å². The maximum Gasteiger partial charge on any atom is 0.212 e. The minimum atomic E-state index is -0.522. The summed E-state index contributed by atoms with van der Waals surface area (Å²) in [5, 5.41) is 12.9. The van der Waals surface area contributed by atoms with Gasteiger partial charge >= 0.3 is 0 Å². The van der Waals surface area contributed by atoms with Crippen molar-refractivity contribution in [2.45, 2.75) is 113 Å². The lowest BCUT2D eigenvalue weighted by Crippen LogP contribution is -2.08. The number of rotatable bonds is 12. The summed E-state index contributed by atoms with van der Waals surface area (Å²) in [5.41, 5.74) is 7.22. The predicted molar refractivity (Wildman–Crippen MR) is 163 cm³/mol. The van der Waals surface area contributed by atoms with Gasteiger partial charge in [-0.3, -0.25) is 4.79 Å². The third kappa shape index (κ3) is 14.6. The van der Waals surface area contributed by atoms with Crippen molar-refractivity contribution in [1.82, 2.24) is 4.98 Å². The number of anilines is 1. The number of hydrogen-bond acceptors (Lipinski definition) is 3. The van der Waals surface area contributed by atoms with E-state index in [4.69, 9.17) is 0 Å². The number of aliphatic hydroxyl groups is 1. The molecule has 2 rings (SSSR count). The van der Waals surface area contributed by atoms with Crippen LogP contribution in [0.4, 0.5) is 5.82 Å². The fraction of sp³-hybridized carbons (Fsp3) is 0.515. The van der Waals surface area contributed by atoms with Crippen molar-refractivity contribution in [3.05, 3.63) is 76.1 Å². The molecule has 1 aromatic heterocycles. The van der Waals surface area contributed by atoms with Crippen LogP contribution in [0.25, 0.3) is 6.08 Å². The molecule has 206 valence electrons. The first-order chi connectivity index (χ1) is 17.7. The summed E-state index contributed by atoms with van der Waals surface area (Å²) >= 11 is 0. The van der Waals surface area contributed by atoms with Crippen molar-refractivity contribution in [3.63, 3.8) is 0 Å². The van der Waals surface area contributed by atoms with Gasteiger partial charge in [0.2, 0.25) is 6.41 Å². The number of pyridine rings is 1. The molecule has 0 aliphatic heterocycles. The van der Waals surface area contributed by atoms with Crippen LogP contribution in [0, 0.1) is 6.92 Å². The molecule has 1 aromatic rings. The van der Waals surface area contributed by atoms with E-state index >= 15 is 0 Å². The topological polar surface area (TPSA) is 62.2 Å². The van der Waals surface area contributed by atoms with Crippen molar-refractivity contribution in [2.75, 3.05) is 5.32 Å². The van der Waals surface area contributed by atoms with Crippen LogP contribution in [0.2, 0.25) is 0 Å². The molecule has 0 spiro atoms. The number of nitrogens with zero attached hydrogens (tertiary/aromatic N) is 1. The second-order valence-electron chi connectivity index (χ2n) is 9.60. The third-order valence-corrected chi connectivity index (χ3v) is 5.57. The highest BCUT2D eigenvalue weighted by Gasteiger charge is 2.13. The van der Waals surface area contributed by atoms with Crippen LogP contribution in [-0.2, 0) is 4.79 Å². The summed E-state index contributed by atoms with van der Waals surface area (Å²) in [7, 11) is 0. The Bertz CT molecular complexity index is 946. The number of unbranched alkanes of at least 4 members (excludes halogenated alkanes) is 1. The van der Waals surface area contributed by atoms with E-state index in [1.165, 1.54) is 31.3 Å². The first-order valence-electron chi connectivity index (χ1n) is 14.0. The Labute approximate surface area is 227 Å².